The molecule has 6 aromatic rings. The summed E-state index contributed by atoms with van der Waals surface area (Å²) < 4.78 is 20.4. The fourth-order valence-corrected chi connectivity index (χ4v) is 7.06. The molecule has 0 atom stereocenters. The lowest BCUT2D eigenvalue weighted by atomic mass is 9.94. The van der Waals surface area contributed by atoms with Gasteiger partial charge < -0.3 is 14.0 Å². The largest absolute Gasteiger partial charge is 0.864 e. The lowest BCUT2D eigenvalue weighted by molar-refractivity contribution is 0.312. The summed E-state index contributed by atoms with van der Waals surface area (Å²) in [6.07, 6.45) is 5.72. The van der Waals surface area contributed by atoms with Gasteiger partial charge in [0.1, 0.15) is 17.2 Å². The molecule has 3 nitrogen and oxygen atoms in total. The zero-order chi connectivity index (χ0) is 32.2. The maximum Gasteiger partial charge on any atom is 0.864 e. The van der Waals surface area contributed by atoms with Crippen LogP contribution in [-0.4, -0.2) is 7.32 Å². The van der Waals surface area contributed by atoms with E-state index in [0.717, 1.165) is 71.9 Å². The van der Waals surface area contributed by atoms with Crippen LogP contribution in [0.15, 0.2) is 91.0 Å². The monoisotopic (exact) mass is 608 g/mol. The molecule has 0 heterocycles. The Morgan fingerprint density at radius 1 is 0.348 bits per heavy atom. The van der Waals surface area contributed by atoms with Crippen molar-refractivity contribution in [1.29, 1.82) is 0 Å². The zero-order valence-electron chi connectivity index (χ0n) is 28.2. The molecule has 0 fully saturated rings. The highest BCUT2D eigenvalue weighted by atomic mass is 16.7. The molecule has 4 heteroatoms. The van der Waals surface area contributed by atoms with Crippen molar-refractivity contribution in [2.24, 2.45) is 0 Å². The first-order chi connectivity index (χ1) is 22.5. The van der Waals surface area contributed by atoms with Crippen molar-refractivity contribution in [2.45, 2.75) is 80.1 Å². The number of hydrogen-bond acceptors (Lipinski definition) is 3. The third kappa shape index (κ3) is 5.82. The van der Waals surface area contributed by atoms with Crippen LogP contribution in [0.25, 0.3) is 32.3 Å². The Hall–Kier alpha value is -4.44. The van der Waals surface area contributed by atoms with Crippen LogP contribution in [-0.2, 0) is 38.5 Å². The summed E-state index contributed by atoms with van der Waals surface area (Å²) in [7, 11) is -1.03. The van der Waals surface area contributed by atoms with Crippen molar-refractivity contribution < 1.29 is 14.0 Å². The van der Waals surface area contributed by atoms with E-state index in [2.05, 4.69) is 133 Å². The molecular formula is C42H45BO3. The fourth-order valence-electron chi connectivity index (χ4n) is 7.06. The van der Waals surface area contributed by atoms with E-state index in [1.165, 1.54) is 49.5 Å². The maximum absolute atomic E-state index is 6.81. The summed E-state index contributed by atoms with van der Waals surface area (Å²) in [5.41, 5.74) is 7.91. The quantitative estimate of drug-likeness (QED) is 0.129. The molecule has 0 saturated heterocycles. The lowest BCUT2D eigenvalue weighted by Crippen LogP contribution is -2.37. The molecule has 0 aromatic heterocycles. The molecule has 0 aliphatic heterocycles. The van der Waals surface area contributed by atoms with Gasteiger partial charge in [0.15, 0.2) is 0 Å². The normalized spacial score (nSPS) is 11.3. The topological polar surface area (TPSA) is 27.7 Å². The van der Waals surface area contributed by atoms with Crippen LogP contribution in [0.1, 0.15) is 74.9 Å². The van der Waals surface area contributed by atoms with Crippen LogP contribution in [0.4, 0.5) is 0 Å². The van der Waals surface area contributed by atoms with Crippen LogP contribution in [0.3, 0.4) is 0 Å². The Kier molecular flexibility index (Phi) is 9.54. The van der Waals surface area contributed by atoms with Crippen molar-refractivity contribution in [3.63, 3.8) is 0 Å². The lowest BCUT2D eigenvalue weighted by Gasteiger charge is -2.22. The van der Waals surface area contributed by atoms with E-state index in [9.17, 15) is 0 Å². The molecule has 0 aliphatic rings. The van der Waals surface area contributed by atoms with Gasteiger partial charge in [-0.05, 0) is 106 Å². The Balaban J connectivity index is 1.51. The SMILES string of the molecule is CCc1cccc2c(OB(Oc3ccc(CC)c4c(CC)cccc34)Oc3ccc(CC)c4c(CC)cccc34)ccc(CC)c12. The predicted octanol–water partition coefficient (Wildman–Crippen LogP) is 11.0. The van der Waals surface area contributed by atoms with E-state index in [-0.39, 0.29) is 0 Å². The molecule has 0 N–H and O–H groups in total. The Morgan fingerprint density at radius 3 is 0.870 bits per heavy atom. The Bertz CT molecular complexity index is 1750. The molecule has 6 rings (SSSR count). The van der Waals surface area contributed by atoms with Crippen LogP contribution in [0, 0.1) is 0 Å². The number of aryl methyl sites for hydroxylation is 6. The second kappa shape index (κ2) is 13.9. The zero-order valence-corrected chi connectivity index (χ0v) is 28.2. The summed E-state index contributed by atoms with van der Waals surface area (Å²) in [4.78, 5) is 0. The van der Waals surface area contributed by atoms with Crippen molar-refractivity contribution in [2.75, 3.05) is 0 Å². The minimum absolute atomic E-state index is 0.750. The smallest absolute Gasteiger partial charge is 0.489 e. The maximum atomic E-state index is 6.81. The van der Waals surface area contributed by atoms with Gasteiger partial charge in [0.2, 0.25) is 0 Å². The highest BCUT2D eigenvalue weighted by Crippen LogP contribution is 2.37. The number of rotatable bonds is 12. The number of benzene rings is 6. The first kappa shape index (κ1) is 31.5. The van der Waals surface area contributed by atoms with Crippen LogP contribution < -0.4 is 14.0 Å². The fraction of sp³-hybridized carbons (Fsp3) is 0.286. The molecule has 0 radical (unpaired) electrons. The molecule has 46 heavy (non-hydrogen) atoms. The van der Waals surface area contributed by atoms with Gasteiger partial charge in [-0.1, -0.05) is 114 Å². The van der Waals surface area contributed by atoms with E-state index < -0.39 is 7.32 Å². The first-order valence-electron chi connectivity index (χ1n) is 17.1. The highest BCUT2D eigenvalue weighted by molar-refractivity contribution is 6.40. The molecule has 234 valence electrons. The highest BCUT2D eigenvalue weighted by Gasteiger charge is 2.33. The average Bonchev–Trinajstić information content (AvgIpc) is 3.11. The van der Waals surface area contributed by atoms with Gasteiger partial charge in [-0.2, -0.15) is 0 Å². The van der Waals surface area contributed by atoms with Gasteiger partial charge in [0.25, 0.3) is 0 Å². The van der Waals surface area contributed by atoms with E-state index in [1.54, 1.807) is 0 Å². The van der Waals surface area contributed by atoms with Crippen LogP contribution >= 0.6 is 0 Å². The number of hydrogen-bond donors (Lipinski definition) is 0. The van der Waals surface area contributed by atoms with E-state index >= 15 is 0 Å². The van der Waals surface area contributed by atoms with E-state index in [4.69, 9.17) is 14.0 Å². The van der Waals surface area contributed by atoms with Crippen molar-refractivity contribution in [3.05, 3.63) is 124 Å². The van der Waals surface area contributed by atoms with E-state index in [1.807, 2.05) is 0 Å². The van der Waals surface area contributed by atoms with Crippen LogP contribution in [0.5, 0.6) is 17.2 Å². The average molecular weight is 609 g/mol. The van der Waals surface area contributed by atoms with Crippen molar-refractivity contribution >= 4 is 39.6 Å². The second-order valence-electron chi connectivity index (χ2n) is 12.0. The molecule has 0 aliphatic carbocycles. The number of fused-ring (bicyclic) bond motifs is 3. The third-order valence-corrected chi connectivity index (χ3v) is 9.47. The second-order valence-corrected chi connectivity index (χ2v) is 12.0. The minimum atomic E-state index is -1.03. The minimum Gasteiger partial charge on any atom is -0.489 e. The summed E-state index contributed by atoms with van der Waals surface area (Å²) >= 11 is 0. The molecule has 0 saturated carbocycles. The molecular weight excluding hydrogens is 563 g/mol. The standard InChI is InChI=1S/C42H45BO3/c1-7-28-16-13-19-34-37(25-22-31(10-4)40(28)34)44-43(45-38-26-23-32(11-5)41-29(8-2)17-14-20-35(38)41)46-39-27-24-33(12-6)42-30(9-3)18-15-21-36(39)42/h13-27H,7-12H2,1-6H3. The summed E-state index contributed by atoms with van der Waals surface area (Å²) in [5, 5.41) is 7.03. The molecule has 0 bridgehead atoms. The first-order valence-corrected chi connectivity index (χ1v) is 17.1. The van der Waals surface area contributed by atoms with Crippen LogP contribution in [0.2, 0.25) is 0 Å². The summed E-state index contributed by atoms with van der Waals surface area (Å²) in [6.45, 7) is 13.3. The third-order valence-electron chi connectivity index (χ3n) is 9.47. The molecule has 0 spiro atoms. The van der Waals surface area contributed by atoms with Crippen molar-refractivity contribution in [3.8, 4) is 17.2 Å². The van der Waals surface area contributed by atoms with Gasteiger partial charge >= 0.3 is 7.32 Å². The predicted molar refractivity (Wildman–Crippen MR) is 196 cm³/mol. The van der Waals surface area contributed by atoms with Gasteiger partial charge in [-0.25, -0.2) is 0 Å². The Morgan fingerprint density at radius 2 is 0.609 bits per heavy atom. The summed E-state index contributed by atoms with van der Waals surface area (Å²) in [6, 6.07) is 32.2. The summed E-state index contributed by atoms with van der Waals surface area (Å²) in [5.74, 6) is 2.25. The molecule has 6 aromatic carbocycles. The Labute approximate surface area is 274 Å². The van der Waals surface area contributed by atoms with Gasteiger partial charge in [0, 0.05) is 16.2 Å². The molecule has 0 amide bonds. The van der Waals surface area contributed by atoms with Gasteiger partial charge in [-0.3, -0.25) is 0 Å². The van der Waals surface area contributed by atoms with Gasteiger partial charge in [-0.15, -0.1) is 0 Å². The molecule has 0 unspecified atom stereocenters. The van der Waals surface area contributed by atoms with Crippen molar-refractivity contribution in [1.82, 2.24) is 0 Å². The van der Waals surface area contributed by atoms with E-state index in [0.29, 0.717) is 0 Å². The van der Waals surface area contributed by atoms with Gasteiger partial charge in [0.05, 0.1) is 0 Å².